The molecular weight excluding hydrogens is 310 g/mol. The lowest BCUT2D eigenvalue weighted by molar-refractivity contribution is 0.184. The van der Waals surface area contributed by atoms with E-state index in [1.54, 1.807) is 25.8 Å². The van der Waals surface area contributed by atoms with E-state index in [1.807, 2.05) is 28.6 Å². The van der Waals surface area contributed by atoms with E-state index in [1.165, 1.54) is 0 Å². The number of ether oxygens (including phenoxy) is 1. The van der Waals surface area contributed by atoms with Gasteiger partial charge in [-0.15, -0.1) is 10.2 Å². The average molecular weight is 329 g/mol. The number of hydrogen-bond donors (Lipinski definition) is 0. The first-order valence-electron chi connectivity index (χ1n) is 7.53. The summed E-state index contributed by atoms with van der Waals surface area (Å²) >= 11 is 0. The molecule has 0 atom stereocenters. The summed E-state index contributed by atoms with van der Waals surface area (Å²) in [6.45, 7) is 2.48. The predicted octanol–water partition coefficient (Wildman–Crippen LogP) is 1.00. The maximum atomic E-state index is 5.31. The van der Waals surface area contributed by atoms with Crippen molar-refractivity contribution in [1.82, 2.24) is 34.8 Å². The monoisotopic (exact) mass is 329 g/mol. The molecule has 0 aliphatic carbocycles. The molecule has 0 aromatic carbocycles. The van der Waals surface area contributed by atoms with E-state index in [4.69, 9.17) is 9.26 Å². The Balaban J connectivity index is 1.60. The summed E-state index contributed by atoms with van der Waals surface area (Å²) in [7, 11) is 3.63. The molecule has 0 aliphatic rings. The Hall–Kier alpha value is -2.65. The largest absolute Gasteiger partial charge is 0.383 e. The van der Waals surface area contributed by atoms with Crippen molar-refractivity contribution in [3.8, 4) is 11.4 Å². The van der Waals surface area contributed by atoms with Crippen molar-refractivity contribution < 1.29 is 9.26 Å². The highest BCUT2D eigenvalue weighted by molar-refractivity contribution is 5.51. The second-order valence-corrected chi connectivity index (χ2v) is 5.36. The lowest BCUT2D eigenvalue weighted by Gasteiger charge is -2.14. The van der Waals surface area contributed by atoms with Gasteiger partial charge < -0.3 is 13.8 Å². The molecule has 3 rings (SSSR count). The fourth-order valence-electron chi connectivity index (χ4n) is 2.24. The van der Waals surface area contributed by atoms with Crippen molar-refractivity contribution >= 4 is 0 Å². The van der Waals surface area contributed by atoms with E-state index >= 15 is 0 Å². The number of methoxy groups -OCH3 is 1. The molecule has 0 aliphatic heterocycles. The van der Waals surface area contributed by atoms with Crippen LogP contribution >= 0.6 is 0 Å². The molecule has 9 heteroatoms. The molecule has 0 saturated carbocycles. The second kappa shape index (κ2) is 7.75. The maximum Gasteiger partial charge on any atom is 0.241 e. The highest BCUT2D eigenvalue weighted by Gasteiger charge is 2.13. The topological polar surface area (TPSA) is 95.0 Å². The van der Waals surface area contributed by atoms with Gasteiger partial charge in [0.25, 0.3) is 0 Å². The van der Waals surface area contributed by atoms with Crippen LogP contribution in [0.1, 0.15) is 11.7 Å². The van der Waals surface area contributed by atoms with Crippen molar-refractivity contribution in [2.45, 2.75) is 19.6 Å². The van der Waals surface area contributed by atoms with Crippen LogP contribution in [0.3, 0.4) is 0 Å². The van der Waals surface area contributed by atoms with E-state index in [0.717, 1.165) is 17.9 Å². The third-order valence-corrected chi connectivity index (χ3v) is 3.44. The van der Waals surface area contributed by atoms with Gasteiger partial charge in [-0.05, 0) is 19.2 Å². The van der Waals surface area contributed by atoms with E-state index in [0.29, 0.717) is 31.4 Å². The van der Waals surface area contributed by atoms with E-state index in [-0.39, 0.29) is 0 Å². The van der Waals surface area contributed by atoms with Gasteiger partial charge in [0.1, 0.15) is 12.2 Å². The van der Waals surface area contributed by atoms with Crippen molar-refractivity contribution in [3.63, 3.8) is 0 Å². The third-order valence-electron chi connectivity index (χ3n) is 3.44. The fraction of sp³-hybridized carbons (Fsp3) is 0.400. The van der Waals surface area contributed by atoms with Crippen LogP contribution in [-0.2, 0) is 24.4 Å². The standard InChI is InChI=1S/C15H19N7O2/c1-21(9-13-19-17-11-22(13)6-7-23-2)10-14-18-15(20-24-14)12-4-3-5-16-8-12/h3-5,8,11H,6-7,9-10H2,1-2H3. The minimum Gasteiger partial charge on any atom is -0.383 e. The normalized spacial score (nSPS) is 11.3. The summed E-state index contributed by atoms with van der Waals surface area (Å²) < 4.78 is 12.4. The molecule has 0 unspecified atom stereocenters. The van der Waals surface area contributed by atoms with Gasteiger partial charge in [-0.3, -0.25) is 9.88 Å². The molecule has 9 nitrogen and oxygen atoms in total. The lowest BCUT2D eigenvalue weighted by Crippen LogP contribution is -2.21. The lowest BCUT2D eigenvalue weighted by atomic mass is 10.3. The van der Waals surface area contributed by atoms with Crippen LogP contribution in [0.5, 0.6) is 0 Å². The van der Waals surface area contributed by atoms with Crippen LogP contribution in [0.2, 0.25) is 0 Å². The Morgan fingerprint density at radius 1 is 1.33 bits per heavy atom. The maximum absolute atomic E-state index is 5.31. The fourth-order valence-corrected chi connectivity index (χ4v) is 2.24. The van der Waals surface area contributed by atoms with Gasteiger partial charge in [0.15, 0.2) is 0 Å². The third kappa shape index (κ3) is 4.00. The quantitative estimate of drug-likeness (QED) is 0.604. The Labute approximate surface area is 139 Å². The summed E-state index contributed by atoms with van der Waals surface area (Å²) in [6.07, 6.45) is 5.12. The molecule has 0 fully saturated rings. The number of pyridine rings is 1. The van der Waals surface area contributed by atoms with Crippen LogP contribution in [0.4, 0.5) is 0 Å². The zero-order chi connectivity index (χ0) is 16.8. The van der Waals surface area contributed by atoms with Gasteiger partial charge in [0.2, 0.25) is 11.7 Å². The summed E-state index contributed by atoms with van der Waals surface area (Å²) in [5.74, 6) is 1.94. The van der Waals surface area contributed by atoms with Crippen molar-refractivity contribution in [2.24, 2.45) is 0 Å². The number of aromatic nitrogens is 6. The molecule has 3 heterocycles. The van der Waals surface area contributed by atoms with Crippen LogP contribution in [0, 0.1) is 0 Å². The van der Waals surface area contributed by atoms with E-state index in [2.05, 4.69) is 25.3 Å². The molecule has 24 heavy (non-hydrogen) atoms. The molecular formula is C15H19N7O2. The van der Waals surface area contributed by atoms with Gasteiger partial charge in [-0.1, -0.05) is 5.16 Å². The summed E-state index contributed by atoms with van der Waals surface area (Å²) in [6, 6.07) is 3.73. The smallest absolute Gasteiger partial charge is 0.241 e. The minimum atomic E-state index is 0.518. The van der Waals surface area contributed by atoms with Crippen LogP contribution in [-0.4, -0.2) is 55.6 Å². The van der Waals surface area contributed by atoms with E-state index < -0.39 is 0 Å². The highest BCUT2D eigenvalue weighted by atomic mass is 16.5. The molecule has 0 saturated heterocycles. The summed E-state index contributed by atoms with van der Waals surface area (Å²) in [5, 5.41) is 12.1. The Bertz CT molecular complexity index is 756. The van der Waals surface area contributed by atoms with Gasteiger partial charge >= 0.3 is 0 Å². The number of nitrogens with zero attached hydrogens (tertiary/aromatic N) is 7. The Morgan fingerprint density at radius 2 is 2.25 bits per heavy atom. The first-order chi connectivity index (χ1) is 11.8. The molecule has 0 N–H and O–H groups in total. The van der Waals surface area contributed by atoms with Crippen LogP contribution in [0.25, 0.3) is 11.4 Å². The highest BCUT2D eigenvalue weighted by Crippen LogP contribution is 2.14. The molecule has 0 spiro atoms. The van der Waals surface area contributed by atoms with Crippen molar-refractivity contribution in [2.75, 3.05) is 20.8 Å². The minimum absolute atomic E-state index is 0.518. The van der Waals surface area contributed by atoms with Crippen molar-refractivity contribution in [3.05, 3.63) is 42.6 Å². The molecule has 0 amide bonds. The Kier molecular flexibility index (Phi) is 5.24. The van der Waals surface area contributed by atoms with Crippen LogP contribution < -0.4 is 0 Å². The molecule has 126 valence electrons. The van der Waals surface area contributed by atoms with Gasteiger partial charge in [-0.25, -0.2) is 0 Å². The molecule has 3 aromatic rings. The SMILES string of the molecule is COCCn1cnnc1CN(C)Cc1nc(-c2cccnc2)no1. The molecule has 0 radical (unpaired) electrons. The first-order valence-corrected chi connectivity index (χ1v) is 7.53. The van der Waals surface area contributed by atoms with Crippen molar-refractivity contribution in [1.29, 1.82) is 0 Å². The predicted molar refractivity (Wildman–Crippen MR) is 84.6 cm³/mol. The molecule has 3 aromatic heterocycles. The summed E-state index contributed by atoms with van der Waals surface area (Å²) in [5.41, 5.74) is 0.828. The number of hydrogen-bond acceptors (Lipinski definition) is 8. The Morgan fingerprint density at radius 3 is 3.04 bits per heavy atom. The van der Waals surface area contributed by atoms with E-state index in [9.17, 15) is 0 Å². The summed E-state index contributed by atoms with van der Waals surface area (Å²) in [4.78, 5) is 10.5. The zero-order valence-electron chi connectivity index (χ0n) is 13.7. The first kappa shape index (κ1) is 16.2. The number of rotatable bonds is 8. The molecule has 0 bridgehead atoms. The zero-order valence-corrected chi connectivity index (χ0v) is 13.7. The second-order valence-electron chi connectivity index (χ2n) is 5.36. The van der Waals surface area contributed by atoms with Gasteiger partial charge in [0.05, 0.1) is 19.7 Å². The van der Waals surface area contributed by atoms with Gasteiger partial charge in [-0.2, -0.15) is 4.98 Å². The average Bonchev–Trinajstić information content (AvgIpc) is 3.23. The van der Waals surface area contributed by atoms with Crippen LogP contribution in [0.15, 0.2) is 35.4 Å². The van der Waals surface area contributed by atoms with Gasteiger partial charge in [0, 0.05) is 31.6 Å².